The normalized spacial score (nSPS) is 31.4. The number of hydrogen-bond donors (Lipinski definition) is 1. The fourth-order valence-corrected chi connectivity index (χ4v) is 6.83. The van der Waals surface area contributed by atoms with Crippen LogP contribution in [0, 0.1) is 18.8 Å². The summed E-state index contributed by atoms with van der Waals surface area (Å²) in [5, 5.41) is 3.41. The lowest BCUT2D eigenvalue weighted by molar-refractivity contribution is -0.135. The molecule has 0 radical (unpaired) electrons. The summed E-state index contributed by atoms with van der Waals surface area (Å²) in [6, 6.07) is 10.7. The van der Waals surface area contributed by atoms with Crippen molar-refractivity contribution in [1.29, 1.82) is 0 Å². The number of rotatable bonds is 1. The molecule has 158 valence electrons. The van der Waals surface area contributed by atoms with Crippen LogP contribution in [0.15, 0.2) is 40.9 Å². The molecule has 0 aliphatic carbocycles. The summed E-state index contributed by atoms with van der Waals surface area (Å²) in [4.78, 5) is 44.5. The minimum atomic E-state index is -1.20. The number of hydrogen-bond acceptors (Lipinski definition) is 4. The van der Waals surface area contributed by atoms with Gasteiger partial charge in [-0.25, -0.2) is 4.90 Å². The SMILES string of the molecule is Cc1cc(Cl)c2c(c1)[C@]1(C(=O)N2)[C@@H]2C(=O)N(c3ccc(Br)cc3)C(=O)[C@@H]2[C@@H]2CCCN21. The number of imide groups is 1. The molecule has 1 spiro atoms. The van der Waals surface area contributed by atoms with E-state index < -0.39 is 17.4 Å². The second-order valence-corrected chi connectivity index (χ2v) is 10.1. The number of nitrogens with zero attached hydrogens (tertiary/aromatic N) is 2. The van der Waals surface area contributed by atoms with Gasteiger partial charge in [0.05, 0.1) is 28.2 Å². The number of fused-ring (bicyclic) bond motifs is 7. The minimum Gasteiger partial charge on any atom is -0.323 e. The topological polar surface area (TPSA) is 69.7 Å². The largest absolute Gasteiger partial charge is 0.323 e. The van der Waals surface area contributed by atoms with Crippen molar-refractivity contribution in [2.45, 2.75) is 31.3 Å². The molecule has 6 rings (SSSR count). The molecule has 1 N–H and O–H groups in total. The number of amides is 3. The van der Waals surface area contributed by atoms with E-state index in [1.807, 2.05) is 31.2 Å². The number of anilines is 2. The van der Waals surface area contributed by atoms with Crippen molar-refractivity contribution in [3.8, 4) is 0 Å². The zero-order valence-electron chi connectivity index (χ0n) is 16.7. The van der Waals surface area contributed by atoms with E-state index in [0.717, 1.165) is 28.4 Å². The van der Waals surface area contributed by atoms with Crippen molar-refractivity contribution in [3.05, 3.63) is 57.0 Å². The molecule has 2 aromatic rings. The van der Waals surface area contributed by atoms with Gasteiger partial charge in [0.25, 0.3) is 5.91 Å². The average Bonchev–Trinajstić information content (AvgIpc) is 3.42. The number of benzene rings is 2. The summed E-state index contributed by atoms with van der Waals surface area (Å²) < 4.78 is 0.864. The quantitative estimate of drug-likeness (QED) is 0.604. The highest BCUT2D eigenvalue weighted by molar-refractivity contribution is 9.10. The number of aryl methyl sites for hydroxylation is 1. The number of carbonyl (C=O) groups is 3. The molecule has 4 aliphatic rings. The first-order valence-corrected chi connectivity index (χ1v) is 11.5. The smallest absolute Gasteiger partial charge is 0.250 e. The van der Waals surface area contributed by atoms with Crippen LogP contribution in [-0.4, -0.2) is 35.2 Å². The molecule has 3 saturated heterocycles. The zero-order valence-corrected chi connectivity index (χ0v) is 19.0. The van der Waals surface area contributed by atoms with Crippen LogP contribution in [0.2, 0.25) is 5.02 Å². The highest BCUT2D eigenvalue weighted by Crippen LogP contribution is 2.61. The van der Waals surface area contributed by atoms with Crippen molar-refractivity contribution >= 4 is 56.6 Å². The summed E-state index contributed by atoms with van der Waals surface area (Å²) in [7, 11) is 0. The van der Waals surface area contributed by atoms with Gasteiger partial charge in [0, 0.05) is 16.1 Å². The maximum atomic E-state index is 13.9. The molecule has 0 saturated carbocycles. The Morgan fingerprint density at radius 2 is 1.87 bits per heavy atom. The van der Waals surface area contributed by atoms with Crippen LogP contribution in [0.1, 0.15) is 24.0 Å². The van der Waals surface area contributed by atoms with Gasteiger partial charge in [0.2, 0.25) is 11.8 Å². The maximum absolute atomic E-state index is 13.9. The summed E-state index contributed by atoms with van der Waals surface area (Å²) in [5.74, 6) is -2.10. The molecule has 8 heteroatoms. The Hall–Kier alpha value is -2.22. The predicted octanol–water partition coefficient (Wildman–Crippen LogP) is 3.84. The zero-order chi connectivity index (χ0) is 21.7. The lowest BCUT2D eigenvalue weighted by Gasteiger charge is -2.36. The standard InChI is InChI=1S/C23H19BrClN3O3/c1-11-9-14-19(15(25)10-11)26-22(31)23(14)18-17(16-3-2-8-27(16)23)20(29)28(21(18)30)13-6-4-12(24)5-7-13/h4-7,9-10,16-18H,2-3,8H2,1H3,(H,26,31)/t16-,17+,18-,23+/m0/s1. The highest BCUT2D eigenvalue weighted by Gasteiger charge is 2.74. The van der Waals surface area contributed by atoms with Crippen LogP contribution in [-0.2, 0) is 19.9 Å². The Morgan fingerprint density at radius 1 is 1.13 bits per heavy atom. The minimum absolute atomic E-state index is 0.141. The van der Waals surface area contributed by atoms with Crippen LogP contribution in [0.3, 0.4) is 0 Å². The van der Waals surface area contributed by atoms with E-state index in [1.54, 1.807) is 12.1 Å². The lowest BCUT2D eigenvalue weighted by atomic mass is 9.75. The van der Waals surface area contributed by atoms with Crippen LogP contribution in [0.4, 0.5) is 11.4 Å². The van der Waals surface area contributed by atoms with Crippen molar-refractivity contribution in [3.63, 3.8) is 0 Å². The van der Waals surface area contributed by atoms with Crippen molar-refractivity contribution in [2.75, 3.05) is 16.8 Å². The van der Waals surface area contributed by atoms with E-state index in [9.17, 15) is 14.4 Å². The van der Waals surface area contributed by atoms with Crippen LogP contribution >= 0.6 is 27.5 Å². The van der Waals surface area contributed by atoms with Gasteiger partial charge in [-0.15, -0.1) is 0 Å². The first kappa shape index (κ1) is 19.5. The van der Waals surface area contributed by atoms with Gasteiger partial charge < -0.3 is 5.32 Å². The Bertz CT molecular complexity index is 1180. The Kier molecular flexibility index (Phi) is 4.02. The van der Waals surface area contributed by atoms with Crippen molar-refractivity contribution in [1.82, 2.24) is 4.90 Å². The molecule has 0 unspecified atom stereocenters. The molecule has 0 aromatic heterocycles. The second-order valence-electron chi connectivity index (χ2n) is 8.78. The van der Waals surface area contributed by atoms with E-state index in [-0.39, 0.29) is 23.8 Å². The predicted molar refractivity (Wildman–Crippen MR) is 120 cm³/mol. The molecule has 0 bridgehead atoms. The summed E-state index contributed by atoms with van der Waals surface area (Å²) in [6.45, 7) is 2.60. The third-order valence-electron chi connectivity index (χ3n) is 7.28. The molecule has 3 amide bonds. The van der Waals surface area contributed by atoms with Gasteiger partial charge in [-0.3, -0.25) is 19.3 Å². The van der Waals surface area contributed by atoms with Gasteiger partial charge >= 0.3 is 0 Å². The highest BCUT2D eigenvalue weighted by atomic mass is 79.9. The number of nitrogens with one attached hydrogen (secondary N) is 1. The number of halogens is 2. The summed E-state index contributed by atoms with van der Waals surface area (Å²) in [6.07, 6.45) is 1.68. The number of carbonyl (C=O) groups excluding carboxylic acids is 3. The van der Waals surface area contributed by atoms with E-state index in [0.29, 0.717) is 22.9 Å². The molecule has 4 heterocycles. The average molecular weight is 501 g/mol. The molecule has 2 aromatic carbocycles. The monoisotopic (exact) mass is 499 g/mol. The third-order valence-corrected chi connectivity index (χ3v) is 8.11. The van der Waals surface area contributed by atoms with E-state index in [4.69, 9.17) is 11.6 Å². The fraction of sp³-hybridized carbons (Fsp3) is 0.348. The van der Waals surface area contributed by atoms with Crippen LogP contribution in [0.25, 0.3) is 0 Å². The van der Waals surface area contributed by atoms with Gasteiger partial charge in [-0.05, 0) is 62.2 Å². The first-order valence-electron chi connectivity index (χ1n) is 10.4. The Morgan fingerprint density at radius 3 is 2.61 bits per heavy atom. The van der Waals surface area contributed by atoms with Gasteiger partial charge in [0.15, 0.2) is 0 Å². The molecule has 4 aliphatic heterocycles. The fourth-order valence-electron chi connectivity index (χ4n) is 6.24. The lowest BCUT2D eigenvalue weighted by Crippen LogP contribution is -2.54. The first-order chi connectivity index (χ1) is 14.9. The Balaban J connectivity index is 1.57. The molecule has 6 nitrogen and oxygen atoms in total. The van der Waals surface area contributed by atoms with E-state index >= 15 is 0 Å². The second kappa shape index (κ2) is 6.40. The Labute approximate surface area is 192 Å². The molecule has 4 atom stereocenters. The molecule has 3 fully saturated rings. The molecule has 31 heavy (non-hydrogen) atoms. The molecular weight excluding hydrogens is 482 g/mol. The van der Waals surface area contributed by atoms with Crippen molar-refractivity contribution < 1.29 is 14.4 Å². The van der Waals surface area contributed by atoms with Gasteiger partial charge in [0.1, 0.15) is 5.54 Å². The van der Waals surface area contributed by atoms with Crippen molar-refractivity contribution in [2.24, 2.45) is 11.8 Å². The third kappa shape index (κ3) is 2.29. The van der Waals surface area contributed by atoms with E-state index in [2.05, 4.69) is 26.1 Å². The van der Waals surface area contributed by atoms with Gasteiger partial charge in [-0.2, -0.15) is 0 Å². The van der Waals surface area contributed by atoms with E-state index in [1.165, 1.54) is 4.90 Å². The maximum Gasteiger partial charge on any atom is 0.250 e. The summed E-state index contributed by atoms with van der Waals surface area (Å²) in [5.41, 5.74) is 1.54. The summed E-state index contributed by atoms with van der Waals surface area (Å²) >= 11 is 9.89. The van der Waals surface area contributed by atoms with Gasteiger partial charge in [-0.1, -0.05) is 33.6 Å². The van der Waals surface area contributed by atoms with Crippen LogP contribution < -0.4 is 10.2 Å². The molecular formula is C23H19BrClN3O3. The van der Waals surface area contributed by atoms with Crippen LogP contribution in [0.5, 0.6) is 0 Å².